The van der Waals surface area contributed by atoms with Gasteiger partial charge >= 0.3 is 0 Å². The Kier molecular flexibility index (Phi) is 3.22. The molecule has 2 bridgehead atoms. The Hall–Kier alpha value is -0.410. The Morgan fingerprint density at radius 3 is 2.94 bits per heavy atom. The van der Waals surface area contributed by atoms with Gasteiger partial charge in [-0.05, 0) is 57.4 Å². The molecule has 2 fully saturated rings. The zero-order valence-electron chi connectivity index (χ0n) is 10.8. The molecule has 0 aliphatic heterocycles. The van der Waals surface area contributed by atoms with E-state index in [4.69, 9.17) is 0 Å². The number of fused-ring (bicyclic) bond motifs is 2. The maximum Gasteiger partial charge on any atom is 0.0898 e. The van der Waals surface area contributed by atoms with Crippen molar-refractivity contribution in [3.05, 3.63) is 16.1 Å². The van der Waals surface area contributed by atoms with Crippen molar-refractivity contribution >= 4 is 11.3 Å². The molecule has 4 unspecified atom stereocenters. The predicted octanol–water partition coefficient (Wildman–Crippen LogP) is 3.54. The minimum Gasteiger partial charge on any atom is -0.309 e. The first-order valence-corrected chi connectivity index (χ1v) is 7.75. The largest absolute Gasteiger partial charge is 0.309 e. The van der Waals surface area contributed by atoms with Gasteiger partial charge in [0.15, 0.2) is 0 Å². The van der Waals surface area contributed by atoms with Crippen molar-refractivity contribution in [1.29, 1.82) is 0 Å². The van der Waals surface area contributed by atoms with Crippen LogP contribution in [0.1, 0.15) is 49.4 Å². The zero-order chi connectivity index (χ0) is 11.8. The van der Waals surface area contributed by atoms with Gasteiger partial charge in [0, 0.05) is 11.4 Å². The molecule has 1 N–H and O–H groups in total. The van der Waals surface area contributed by atoms with Gasteiger partial charge in [0.2, 0.25) is 0 Å². The smallest absolute Gasteiger partial charge is 0.0898 e. The van der Waals surface area contributed by atoms with E-state index >= 15 is 0 Å². The maximum absolute atomic E-state index is 4.56. The summed E-state index contributed by atoms with van der Waals surface area (Å²) in [7, 11) is 0. The van der Waals surface area contributed by atoms with Crippen LogP contribution in [0.5, 0.6) is 0 Å². The number of hydrogen-bond acceptors (Lipinski definition) is 3. The van der Waals surface area contributed by atoms with Crippen LogP contribution in [0, 0.1) is 24.7 Å². The summed E-state index contributed by atoms with van der Waals surface area (Å²) in [5.41, 5.74) is 1.22. The van der Waals surface area contributed by atoms with Crippen LogP contribution in [0.3, 0.4) is 0 Å². The lowest BCUT2D eigenvalue weighted by Crippen LogP contribution is -2.28. The van der Waals surface area contributed by atoms with Crippen molar-refractivity contribution in [3.63, 3.8) is 0 Å². The molecule has 94 valence electrons. The highest BCUT2D eigenvalue weighted by Gasteiger charge is 2.39. The third kappa shape index (κ3) is 2.41. The molecule has 0 radical (unpaired) electrons. The highest BCUT2D eigenvalue weighted by atomic mass is 32.1. The van der Waals surface area contributed by atoms with Crippen molar-refractivity contribution in [1.82, 2.24) is 10.3 Å². The summed E-state index contributed by atoms with van der Waals surface area (Å²) in [6.07, 6.45) is 5.97. The van der Waals surface area contributed by atoms with E-state index < -0.39 is 0 Å². The van der Waals surface area contributed by atoms with Crippen molar-refractivity contribution in [2.75, 3.05) is 6.54 Å². The second kappa shape index (κ2) is 4.69. The van der Waals surface area contributed by atoms with E-state index in [0.29, 0.717) is 6.04 Å². The summed E-state index contributed by atoms with van der Waals surface area (Å²) in [4.78, 5) is 4.56. The van der Waals surface area contributed by atoms with Gasteiger partial charge in [0.25, 0.3) is 0 Å². The quantitative estimate of drug-likeness (QED) is 0.884. The van der Waals surface area contributed by atoms with Crippen LogP contribution in [0.4, 0.5) is 0 Å². The molecule has 2 aliphatic rings. The SMILES string of the molecule is Cc1nc(C(C)NCC2CC3CCC2C3)cs1. The van der Waals surface area contributed by atoms with Crippen LogP contribution in [-0.2, 0) is 0 Å². The summed E-state index contributed by atoms with van der Waals surface area (Å²) in [6, 6.07) is 0.416. The second-order valence-corrected chi connectivity index (χ2v) is 6.92. The van der Waals surface area contributed by atoms with Crippen LogP contribution in [0.15, 0.2) is 5.38 Å². The third-order valence-corrected chi connectivity index (χ3v) is 5.44. The lowest BCUT2D eigenvalue weighted by Gasteiger charge is -2.23. The Labute approximate surface area is 108 Å². The number of nitrogens with zero attached hydrogens (tertiary/aromatic N) is 1. The molecule has 0 aromatic carbocycles. The standard InChI is InChI=1S/C14H22N2S/c1-9(14-8-17-10(2)16-14)15-7-13-6-11-3-4-12(13)5-11/h8-9,11-13,15H,3-7H2,1-2H3. The highest BCUT2D eigenvalue weighted by molar-refractivity contribution is 7.09. The topological polar surface area (TPSA) is 24.9 Å². The summed E-state index contributed by atoms with van der Waals surface area (Å²) >= 11 is 1.75. The minimum atomic E-state index is 0.416. The van der Waals surface area contributed by atoms with E-state index in [1.165, 1.54) is 42.9 Å². The van der Waals surface area contributed by atoms with E-state index in [2.05, 4.69) is 29.5 Å². The predicted molar refractivity (Wildman–Crippen MR) is 72.2 cm³/mol. The number of rotatable bonds is 4. The molecule has 0 spiro atoms. The normalized spacial score (nSPS) is 33.2. The van der Waals surface area contributed by atoms with E-state index in [-0.39, 0.29) is 0 Å². The zero-order valence-corrected chi connectivity index (χ0v) is 11.6. The maximum atomic E-state index is 4.56. The fourth-order valence-electron chi connectivity index (χ4n) is 3.64. The number of nitrogens with one attached hydrogen (secondary N) is 1. The first-order valence-electron chi connectivity index (χ1n) is 6.88. The molecule has 2 saturated carbocycles. The van der Waals surface area contributed by atoms with Gasteiger partial charge in [-0.1, -0.05) is 6.42 Å². The monoisotopic (exact) mass is 250 g/mol. The Morgan fingerprint density at radius 2 is 2.35 bits per heavy atom. The molecule has 2 aliphatic carbocycles. The second-order valence-electron chi connectivity index (χ2n) is 5.86. The molecule has 3 rings (SSSR count). The summed E-state index contributed by atoms with van der Waals surface area (Å²) in [6.45, 7) is 5.51. The first kappa shape index (κ1) is 11.7. The van der Waals surface area contributed by atoms with Crippen LogP contribution >= 0.6 is 11.3 Å². The number of thiazole rings is 1. The molecule has 4 atom stereocenters. The summed E-state index contributed by atoms with van der Waals surface area (Å²) in [5, 5.41) is 7.05. The third-order valence-electron chi connectivity index (χ3n) is 4.65. The lowest BCUT2D eigenvalue weighted by molar-refractivity contribution is 0.308. The Morgan fingerprint density at radius 1 is 1.47 bits per heavy atom. The van der Waals surface area contributed by atoms with Gasteiger partial charge < -0.3 is 5.32 Å². The van der Waals surface area contributed by atoms with Gasteiger partial charge in [0.1, 0.15) is 0 Å². The average Bonchev–Trinajstić information content (AvgIpc) is 3.01. The molecule has 1 aromatic rings. The molecule has 3 heteroatoms. The van der Waals surface area contributed by atoms with Crippen molar-refractivity contribution in [3.8, 4) is 0 Å². The molecular formula is C14H22N2S. The molecule has 0 amide bonds. The van der Waals surface area contributed by atoms with E-state index in [1.54, 1.807) is 11.3 Å². The van der Waals surface area contributed by atoms with Gasteiger partial charge in [-0.3, -0.25) is 0 Å². The number of aromatic nitrogens is 1. The van der Waals surface area contributed by atoms with Crippen LogP contribution < -0.4 is 5.32 Å². The molecule has 1 heterocycles. The average molecular weight is 250 g/mol. The molecule has 1 aromatic heterocycles. The van der Waals surface area contributed by atoms with Gasteiger partial charge in [-0.2, -0.15) is 0 Å². The Bertz CT molecular complexity index is 387. The van der Waals surface area contributed by atoms with E-state index in [9.17, 15) is 0 Å². The fourth-order valence-corrected chi connectivity index (χ4v) is 4.34. The van der Waals surface area contributed by atoms with Crippen LogP contribution in [-0.4, -0.2) is 11.5 Å². The van der Waals surface area contributed by atoms with Gasteiger partial charge in [-0.15, -0.1) is 11.3 Å². The fraction of sp³-hybridized carbons (Fsp3) is 0.786. The van der Waals surface area contributed by atoms with Gasteiger partial charge in [0.05, 0.1) is 10.7 Å². The highest BCUT2D eigenvalue weighted by Crippen LogP contribution is 2.48. The number of aryl methyl sites for hydroxylation is 1. The van der Waals surface area contributed by atoms with Crippen molar-refractivity contribution in [2.24, 2.45) is 17.8 Å². The molecule has 2 nitrogen and oxygen atoms in total. The van der Waals surface area contributed by atoms with Crippen LogP contribution in [0.25, 0.3) is 0 Å². The summed E-state index contributed by atoms with van der Waals surface area (Å²) in [5.74, 6) is 3.02. The van der Waals surface area contributed by atoms with Crippen molar-refractivity contribution < 1.29 is 0 Å². The molecule has 0 saturated heterocycles. The molecular weight excluding hydrogens is 228 g/mol. The first-order chi connectivity index (χ1) is 8.22. The minimum absolute atomic E-state index is 0.416. The summed E-state index contributed by atoms with van der Waals surface area (Å²) < 4.78 is 0. The van der Waals surface area contributed by atoms with Crippen LogP contribution in [0.2, 0.25) is 0 Å². The Balaban J connectivity index is 1.51. The van der Waals surface area contributed by atoms with Gasteiger partial charge in [-0.25, -0.2) is 4.98 Å². The van der Waals surface area contributed by atoms with E-state index in [0.717, 1.165) is 17.8 Å². The number of hydrogen-bond donors (Lipinski definition) is 1. The molecule has 17 heavy (non-hydrogen) atoms. The van der Waals surface area contributed by atoms with Crippen molar-refractivity contribution in [2.45, 2.75) is 45.6 Å². The lowest BCUT2D eigenvalue weighted by atomic mass is 9.88. The van der Waals surface area contributed by atoms with E-state index in [1.807, 2.05) is 0 Å².